The Bertz CT molecular complexity index is 879. The Labute approximate surface area is 163 Å². The lowest BCUT2D eigenvalue weighted by molar-refractivity contribution is -0.126. The van der Waals surface area contributed by atoms with Crippen molar-refractivity contribution in [1.29, 1.82) is 0 Å². The minimum Gasteiger partial charge on any atom is -0.497 e. The fraction of sp³-hybridized carbons (Fsp3) is 0.286. The molecule has 0 radical (unpaired) electrons. The first-order chi connectivity index (χ1) is 13.5. The molecule has 1 heterocycles. The number of carbonyl (C=O) groups excluding carboxylic acids is 3. The van der Waals surface area contributed by atoms with Crippen LogP contribution in [-0.4, -0.2) is 31.4 Å². The zero-order chi connectivity index (χ0) is 20.1. The number of amides is 3. The average molecular weight is 381 g/mol. The van der Waals surface area contributed by atoms with Gasteiger partial charge in [-0.3, -0.25) is 14.4 Å². The Morgan fingerprint density at radius 1 is 1.18 bits per heavy atom. The van der Waals surface area contributed by atoms with Crippen molar-refractivity contribution in [3.63, 3.8) is 0 Å². The molecule has 7 nitrogen and oxygen atoms in total. The van der Waals surface area contributed by atoms with Gasteiger partial charge in [0.25, 0.3) is 0 Å². The fourth-order valence-electron chi connectivity index (χ4n) is 3.19. The van der Waals surface area contributed by atoms with Crippen LogP contribution in [0.1, 0.15) is 18.9 Å². The highest BCUT2D eigenvalue weighted by Crippen LogP contribution is 2.27. The highest BCUT2D eigenvalue weighted by Gasteiger charge is 2.34. The quantitative estimate of drug-likeness (QED) is 0.804. The number of carbonyl (C=O) groups is 3. The summed E-state index contributed by atoms with van der Waals surface area (Å²) in [4.78, 5) is 37.6. The molecular formula is C21H23N3O4. The number of nitrogens with zero attached hydrogens (tertiary/aromatic N) is 1. The number of anilines is 2. The third-order valence-electron chi connectivity index (χ3n) is 4.59. The number of hydrogen-bond acceptors (Lipinski definition) is 4. The van der Waals surface area contributed by atoms with Crippen molar-refractivity contribution in [3.05, 3.63) is 54.1 Å². The molecule has 1 aliphatic heterocycles. The predicted molar refractivity (Wildman–Crippen MR) is 106 cm³/mol. The van der Waals surface area contributed by atoms with E-state index in [1.807, 2.05) is 30.3 Å². The lowest BCUT2D eigenvalue weighted by atomic mass is 10.1. The second-order valence-electron chi connectivity index (χ2n) is 6.70. The molecule has 0 aliphatic carbocycles. The third-order valence-corrected chi connectivity index (χ3v) is 4.59. The molecule has 7 heteroatoms. The molecular weight excluding hydrogens is 358 g/mol. The highest BCUT2D eigenvalue weighted by atomic mass is 16.5. The molecule has 1 unspecified atom stereocenters. The van der Waals surface area contributed by atoms with E-state index in [1.165, 1.54) is 6.92 Å². The van der Waals surface area contributed by atoms with Crippen LogP contribution in [0.25, 0.3) is 0 Å². The zero-order valence-electron chi connectivity index (χ0n) is 15.9. The predicted octanol–water partition coefficient (Wildman–Crippen LogP) is 2.32. The Morgan fingerprint density at radius 2 is 1.93 bits per heavy atom. The number of methoxy groups -OCH3 is 1. The lowest BCUT2D eigenvalue weighted by Gasteiger charge is -2.17. The van der Waals surface area contributed by atoms with E-state index in [9.17, 15) is 14.4 Å². The van der Waals surface area contributed by atoms with Crippen LogP contribution in [0.2, 0.25) is 0 Å². The molecule has 1 saturated heterocycles. The van der Waals surface area contributed by atoms with Gasteiger partial charge in [-0.15, -0.1) is 0 Å². The third kappa shape index (κ3) is 4.68. The van der Waals surface area contributed by atoms with Crippen molar-refractivity contribution in [2.75, 3.05) is 23.9 Å². The Morgan fingerprint density at radius 3 is 2.61 bits per heavy atom. The van der Waals surface area contributed by atoms with Crippen molar-refractivity contribution in [3.8, 4) is 5.75 Å². The van der Waals surface area contributed by atoms with Crippen molar-refractivity contribution in [2.24, 2.45) is 5.92 Å². The summed E-state index contributed by atoms with van der Waals surface area (Å²) < 4.78 is 5.13. The van der Waals surface area contributed by atoms with E-state index < -0.39 is 5.92 Å². The summed E-state index contributed by atoms with van der Waals surface area (Å²) in [5.74, 6) is -0.0594. The van der Waals surface area contributed by atoms with Gasteiger partial charge in [-0.1, -0.05) is 12.1 Å². The first-order valence-corrected chi connectivity index (χ1v) is 9.05. The monoisotopic (exact) mass is 381 g/mol. The number of nitrogens with one attached hydrogen (secondary N) is 2. The van der Waals surface area contributed by atoms with Crippen LogP contribution in [-0.2, 0) is 20.9 Å². The van der Waals surface area contributed by atoms with Crippen LogP contribution in [0.15, 0.2) is 48.5 Å². The van der Waals surface area contributed by atoms with Gasteiger partial charge >= 0.3 is 0 Å². The maximum absolute atomic E-state index is 12.5. The van der Waals surface area contributed by atoms with Crippen LogP contribution in [0.5, 0.6) is 5.75 Å². The van der Waals surface area contributed by atoms with Crippen molar-refractivity contribution < 1.29 is 19.1 Å². The van der Waals surface area contributed by atoms with Gasteiger partial charge in [-0.2, -0.15) is 0 Å². The van der Waals surface area contributed by atoms with Gasteiger partial charge in [0, 0.05) is 37.8 Å². The summed E-state index contributed by atoms with van der Waals surface area (Å²) in [6.45, 7) is 2.13. The molecule has 0 bridgehead atoms. The van der Waals surface area contributed by atoms with Gasteiger partial charge in [0.1, 0.15) is 5.75 Å². The molecule has 146 valence electrons. The molecule has 1 atom stereocenters. The van der Waals surface area contributed by atoms with Gasteiger partial charge in [0.05, 0.1) is 13.0 Å². The van der Waals surface area contributed by atoms with E-state index in [0.29, 0.717) is 24.5 Å². The van der Waals surface area contributed by atoms with E-state index in [0.717, 1.165) is 11.3 Å². The SMILES string of the molecule is COc1ccc(N2CC(C(=O)NCc3cccc(NC(C)=O)c3)CC2=O)cc1. The van der Waals surface area contributed by atoms with Crippen LogP contribution in [0.4, 0.5) is 11.4 Å². The van der Waals surface area contributed by atoms with E-state index in [4.69, 9.17) is 4.74 Å². The van der Waals surface area contributed by atoms with Crippen LogP contribution < -0.4 is 20.3 Å². The number of ether oxygens (including phenoxy) is 1. The smallest absolute Gasteiger partial charge is 0.227 e. The highest BCUT2D eigenvalue weighted by molar-refractivity contribution is 6.00. The molecule has 2 N–H and O–H groups in total. The molecule has 28 heavy (non-hydrogen) atoms. The number of hydrogen-bond donors (Lipinski definition) is 2. The van der Waals surface area contributed by atoms with Crippen molar-refractivity contribution in [1.82, 2.24) is 5.32 Å². The Balaban J connectivity index is 1.58. The van der Waals surface area contributed by atoms with Crippen molar-refractivity contribution >= 4 is 29.1 Å². The van der Waals surface area contributed by atoms with Gasteiger partial charge in [-0.05, 0) is 42.0 Å². The second kappa shape index (κ2) is 8.56. The zero-order valence-corrected chi connectivity index (χ0v) is 15.9. The minimum atomic E-state index is -0.395. The Kier molecular flexibility index (Phi) is 5.93. The first kappa shape index (κ1) is 19.4. The topological polar surface area (TPSA) is 87.7 Å². The summed E-state index contributed by atoms with van der Waals surface area (Å²) in [5.41, 5.74) is 2.31. The summed E-state index contributed by atoms with van der Waals surface area (Å²) in [6.07, 6.45) is 0.184. The van der Waals surface area contributed by atoms with Crippen LogP contribution >= 0.6 is 0 Å². The molecule has 0 spiro atoms. The average Bonchev–Trinajstić information content (AvgIpc) is 3.08. The van der Waals surface area contributed by atoms with Gasteiger partial charge in [0.2, 0.25) is 17.7 Å². The van der Waals surface area contributed by atoms with Gasteiger partial charge < -0.3 is 20.3 Å². The molecule has 2 aromatic carbocycles. The van der Waals surface area contributed by atoms with E-state index in [2.05, 4.69) is 10.6 Å². The summed E-state index contributed by atoms with van der Waals surface area (Å²) in [6, 6.07) is 14.5. The molecule has 3 amide bonds. The number of benzene rings is 2. The largest absolute Gasteiger partial charge is 0.497 e. The van der Waals surface area contributed by atoms with Crippen LogP contribution in [0, 0.1) is 5.92 Å². The maximum Gasteiger partial charge on any atom is 0.227 e. The second-order valence-corrected chi connectivity index (χ2v) is 6.70. The van der Waals surface area contributed by atoms with Gasteiger partial charge in [-0.25, -0.2) is 0 Å². The molecule has 0 aromatic heterocycles. The minimum absolute atomic E-state index is 0.0713. The normalized spacial score (nSPS) is 16.0. The van der Waals surface area contributed by atoms with Crippen molar-refractivity contribution in [2.45, 2.75) is 19.9 Å². The molecule has 0 saturated carbocycles. The first-order valence-electron chi connectivity index (χ1n) is 9.05. The van der Waals surface area contributed by atoms with Gasteiger partial charge in [0.15, 0.2) is 0 Å². The molecule has 2 aromatic rings. The standard InChI is InChI=1S/C21H23N3O4/c1-14(25)23-17-5-3-4-15(10-17)12-22-21(27)16-11-20(26)24(13-16)18-6-8-19(28-2)9-7-18/h3-10,16H,11-13H2,1-2H3,(H,22,27)(H,23,25). The van der Waals surface area contributed by atoms with E-state index in [-0.39, 0.29) is 24.1 Å². The Hall–Kier alpha value is -3.35. The van der Waals surface area contributed by atoms with E-state index in [1.54, 1.807) is 30.2 Å². The molecule has 1 fully saturated rings. The molecule has 1 aliphatic rings. The summed E-state index contributed by atoms with van der Waals surface area (Å²) in [5, 5.41) is 5.60. The lowest BCUT2D eigenvalue weighted by Crippen LogP contribution is -2.32. The summed E-state index contributed by atoms with van der Waals surface area (Å²) >= 11 is 0. The number of rotatable bonds is 6. The molecule has 3 rings (SSSR count). The maximum atomic E-state index is 12.5. The summed E-state index contributed by atoms with van der Waals surface area (Å²) in [7, 11) is 1.59. The fourth-order valence-corrected chi connectivity index (χ4v) is 3.19. The van der Waals surface area contributed by atoms with E-state index >= 15 is 0 Å². The van der Waals surface area contributed by atoms with Crippen LogP contribution in [0.3, 0.4) is 0 Å².